The number of alkyl carbamates (subject to hydrolysis) is 1. The largest absolute Gasteiger partial charge is 0.464 e. The van der Waals surface area contributed by atoms with Gasteiger partial charge in [0.05, 0.1) is 6.61 Å². The Morgan fingerprint density at radius 2 is 1.74 bits per heavy atom. The molecule has 0 fully saturated rings. The average molecular weight is 327 g/mol. The lowest BCUT2D eigenvalue weighted by Gasteiger charge is -2.22. The van der Waals surface area contributed by atoms with Crippen LogP contribution in [0.25, 0.3) is 0 Å². The first-order chi connectivity index (χ1) is 11.1. The standard InChI is InChI=1S/C18H33NO4/c1-5-8-9-10-11-12-14-22-17(20)16(15(4)7-3)19-18(21)23-13-6-2/h6,15-16H,2,5,7-14H2,1,3-4H3,(H,19,21). The molecular formula is C18H33NO4. The van der Waals surface area contributed by atoms with E-state index in [1.807, 2.05) is 13.8 Å². The molecule has 0 aromatic carbocycles. The summed E-state index contributed by atoms with van der Waals surface area (Å²) >= 11 is 0. The van der Waals surface area contributed by atoms with Gasteiger partial charge in [0.2, 0.25) is 0 Å². The molecular weight excluding hydrogens is 294 g/mol. The predicted octanol–water partition coefficient (Wildman–Crippen LogP) is 4.22. The van der Waals surface area contributed by atoms with E-state index in [2.05, 4.69) is 18.8 Å². The van der Waals surface area contributed by atoms with E-state index in [1.165, 1.54) is 31.8 Å². The summed E-state index contributed by atoms with van der Waals surface area (Å²) in [7, 11) is 0. The molecule has 0 aliphatic heterocycles. The summed E-state index contributed by atoms with van der Waals surface area (Å²) in [6.45, 7) is 10.1. The van der Waals surface area contributed by atoms with Gasteiger partial charge in [-0.25, -0.2) is 9.59 Å². The van der Waals surface area contributed by atoms with Gasteiger partial charge in [0.15, 0.2) is 0 Å². The Morgan fingerprint density at radius 1 is 1.09 bits per heavy atom. The van der Waals surface area contributed by atoms with Gasteiger partial charge in [0.25, 0.3) is 0 Å². The number of hydrogen-bond acceptors (Lipinski definition) is 4. The number of esters is 1. The summed E-state index contributed by atoms with van der Waals surface area (Å²) in [6.07, 6.45) is 8.44. The van der Waals surface area contributed by atoms with Crippen LogP contribution in [0.15, 0.2) is 12.7 Å². The zero-order valence-electron chi connectivity index (χ0n) is 14.9. The molecule has 0 saturated carbocycles. The maximum Gasteiger partial charge on any atom is 0.408 e. The van der Waals surface area contributed by atoms with Gasteiger partial charge in [-0.15, -0.1) is 0 Å². The number of rotatable bonds is 13. The molecule has 0 radical (unpaired) electrons. The molecule has 1 N–H and O–H groups in total. The normalized spacial score (nSPS) is 13.0. The van der Waals surface area contributed by atoms with Crippen LogP contribution >= 0.6 is 0 Å². The lowest BCUT2D eigenvalue weighted by Crippen LogP contribution is -2.46. The Kier molecular flexibility index (Phi) is 13.2. The van der Waals surface area contributed by atoms with E-state index in [4.69, 9.17) is 9.47 Å². The minimum absolute atomic E-state index is 0.0108. The van der Waals surface area contributed by atoms with Gasteiger partial charge >= 0.3 is 12.1 Å². The average Bonchev–Trinajstić information content (AvgIpc) is 2.56. The van der Waals surface area contributed by atoms with Crippen LogP contribution in [-0.2, 0) is 14.3 Å². The van der Waals surface area contributed by atoms with E-state index in [1.54, 1.807) is 0 Å². The van der Waals surface area contributed by atoms with Crippen molar-refractivity contribution in [3.05, 3.63) is 12.7 Å². The van der Waals surface area contributed by atoms with Gasteiger partial charge in [-0.3, -0.25) is 0 Å². The molecule has 1 amide bonds. The number of hydrogen-bond donors (Lipinski definition) is 1. The molecule has 0 aliphatic rings. The van der Waals surface area contributed by atoms with Crippen molar-refractivity contribution in [3.63, 3.8) is 0 Å². The Hall–Kier alpha value is -1.52. The summed E-state index contributed by atoms with van der Waals surface area (Å²) in [5.74, 6) is -0.396. The maximum absolute atomic E-state index is 12.2. The number of carbonyl (C=O) groups excluding carboxylic acids is 2. The number of carbonyl (C=O) groups is 2. The molecule has 0 aromatic rings. The van der Waals surface area contributed by atoms with E-state index in [0.717, 1.165) is 19.3 Å². The van der Waals surface area contributed by atoms with Crippen molar-refractivity contribution in [2.45, 2.75) is 71.8 Å². The molecule has 2 unspecified atom stereocenters. The molecule has 0 bridgehead atoms. The molecule has 0 heterocycles. The second kappa shape index (κ2) is 14.1. The van der Waals surface area contributed by atoms with Crippen LogP contribution in [0.5, 0.6) is 0 Å². The van der Waals surface area contributed by atoms with E-state index in [9.17, 15) is 9.59 Å². The van der Waals surface area contributed by atoms with Crippen molar-refractivity contribution in [2.24, 2.45) is 5.92 Å². The second-order valence-corrected chi connectivity index (χ2v) is 5.83. The molecule has 5 heteroatoms. The first-order valence-electron chi connectivity index (χ1n) is 8.77. The van der Waals surface area contributed by atoms with Crippen LogP contribution in [0.1, 0.15) is 65.7 Å². The Labute approximate surface area is 140 Å². The molecule has 0 rings (SSSR count). The summed E-state index contributed by atoms with van der Waals surface area (Å²) in [4.78, 5) is 23.8. The number of amides is 1. The first kappa shape index (κ1) is 21.5. The molecule has 0 aromatic heterocycles. The number of ether oxygens (including phenoxy) is 2. The van der Waals surface area contributed by atoms with Crippen molar-refractivity contribution in [1.29, 1.82) is 0 Å². The molecule has 0 saturated heterocycles. The van der Waals surface area contributed by atoms with Crippen molar-refractivity contribution in [3.8, 4) is 0 Å². The SMILES string of the molecule is C=CCOC(=O)NC(C(=O)OCCCCCCCC)C(C)CC. The van der Waals surface area contributed by atoms with E-state index < -0.39 is 12.1 Å². The highest BCUT2D eigenvalue weighted by Gasteiger charge is 2.27. The van der Waals surface area contributed by atoms with Crippen LogP contribution in [-0.4, -0.2) is 31.3 Å². The lowest BCUT2D eigenvalue weighted by molar-refractivity contribution is -0.147. The monoisotopic (exact) mass is 327 g/mol. The lowest BCUT2D eigenvalue weighted by atomic mass is 9.99. The van der Waals surface area contributed by atoms with Crippen LogP contribution in [0.2, 0.25) is 0 Å². The summed E-state index contributed by atoms with van der Waals surface area (Å²) in [5.41, 5.74) is 0. The van der Waals surface area contributed by atoms with E-state index in [-0.39, 0.29) is 18.5 Å². The Balaban J connectivity index is 4.15. The second-order valence-electron chi connectivity index (χ2n) is 5.83. The van der Waals surface area contributed by atoms with Gasteiger partial charge in [0, 0.05) is 0 Å². The number of nitrogens with one attached hydrogen (secondary N) is 1. The topological polar surface area (TPSA) is 64.6 Å². The highest BCUT2D eigenvalue weighted by atomic mass is 16.6. The van der Waals surface area contributed by atoms with Crippen molar-refractivity contribution < 1.29 is 19.1 Å². The van der Waals surface area contributed by atoms with Crippen molar-refractivity contribution >= 4 is 12.1 Å². The van der Waals surface area contributed by atoms with Crippen LogP contribution in [0.3, 0.4) is 0 Å². The summed E-state index contributed by atoms with van der Waals surface area (Å²) in [5, 5.41) is 2.59. The highest BCUT2D eigenvalue weighted by molar-refractivity contribution is 5.81. The number of unbranched alkanes of at least 4 members (excludes halogenated alkanes) is 5. The van der Waals surface area contributed by atoms with E-state index >= 15 is 0 Å². The third-order valence-electron chi connectivity index (χ3n) is 3.81. The van der Waals surface area contributed by atoms with Gasteiger partial charge < -0.3 is 14.8 Å². The van der Waals surface area contributed by atoms with Gasteiger partial charge in [-0.2, -0.15) is 0 Å². The third-order valence-corrected chi connectivity index (χ3v) is 3.81. The van der Waals surface area contributed by atoms with Crippen LogP contribution in [0, 0.1) is 5.92 Å². The van der Waals surface area contributed by atoms with Gasteiger partial charge in [-0.1, -0.05) is 72.0 Å². The minimum Gasteiger partial charge on any atom is -0.464 e. The Morgan fingerprint density at radius 3 is 2.35 bits per heavy atom. The predicted molar refractivity (Wildman–Crippen MR) is 92.3 cm³/mol. The fourth-order valence-electron chi connectivity index (χ4n) is 2.12. The summed E-state index contributed by atoms with van der Waals surface area (Å²) in [6, 6.07) is -0.669. The molecule has 134 valence electrons. The third kappa shape index (κ3) is 10.8. The maximum atomic E-state index is 12.2. The molecule has 5 nitrogen and oxygen atoms in total. The quantitative estimate of drug-likeness (QED) is 0.312. The zero-order valence-corrected chi connectivity index (χ0v) is 14.9. The smallest absolute Gasteiger partial charge is 0.408 e. The fraction of sp³-hybridized carbons (Fsp3) is 0.778. The van der Waals surface area contributed by atoms with Crippen molar-refractivity contribution in [2.75, 3.05) is 13.2 Å². The fourth-order valence-corrected chi connectivity index (χ4v) is 2.12. The summed E-state index contributed by atoms with van der Waals surface area (Å²) < 4.78 is 10.2. The molecule has 2 atom stereocenters. The highest BCUT2D eigenvalue weighted by Crippen LogP contribution is 2.11. The van der Waals surface area contributed by atoms with Crippen molar-refractivity contribution in [1.82, 2.24) is 5.32 Å². The first-order valence-corrected chi connectivity index (χ1v) is 8.77. The molecule has 0 aliphatic carbocycles. The van der Waals surface area contributed by atoms with Gasteiger partial charge in [-0.05, 0) is 12.3 Å². The van der Waals surface area contributed by atoms with Crippen LogP contribution in [0.4, 0.5) is 4.79 Å². The minimum atomic E-state index is -0.669. The Bertz CT molecular complexity index is 344. The zero-order chi connectivity index (χ0) is 17.5. The van der Waals surface area contributed by atoms with Gasteiger partial charge in [0.1, 0.15) is 12.6 Å². The molecule has 0 spiro atoms. The van der Waals surface area contributed by atoms with E-state index in [0.29, 0.717) is 6.61 Å². The van der Waals surface area contributed by atoms with Crippen LogP contribution < -0.4 is 5.32 Å². The molecule has 23 heavy (non-hydrogen) atoms.